The first-order valence-electron chi connectivity index (χ1n) is 4.92. The van der Waals surface area contributed by atoms with E-state index in [4.69, 9.17) is 0 Å². The number of methoxy groups -OCH3 is 1. The lowest BCUT2D eigenvalue weighted by molar-refractivity contribution is -0.384. The van der Waals surface area contributed by atoms with Crippen LogP contribution in [-0.4, -0.2) is 30.5 Å². The van der Waals surface area contributed by atoms with Crippen LogP contribution in [0.5, 0.6) is 0 Å². The van der Waals surface area contributed by atoms with Crippen molar-refractivity contribution in [1.82, 2.24) is 3.89 Å². The van der Waals surface area contributed by atoms with E-state index in [-0.39, 0.29) is 11.4 Å². The Morgan fingerprint density at radius 2 is 1.84 bits per heavy atom. The van der Waals surface area contributed by atoms with Crippen molar-refractivity contribution < 1.29 is 24.4 Å². The monoisotopic (exact) mass is 286 g/mol. The van der Waals surface area contributed by atoms with E-state index in [1.165, 1.54) is 19.2 Å². The Kier molecular flexibility index (Phi) is 4.46. The Morgan fingerprint density at radius 1 is 1.32 bits per heavy atom. The molecule has 0 fully saturated rings. The van der Waals surface area contributed by atoms with Crippen molar-refractivity contribution >= 4 is 34.7 Å². The van der Waals surface area contributed by atoms with Crippen LogP contribution in [0.2, 0.25) is 0 Å². The third-order valence-corrected chi connectivity index (χ3v) is 3.37. The van der Waals surface area contributed by atoms with Crippen molar-refractivity contribution in [3.63, 3.8) is 0 Å². The molecule has 102 valence electrons. The van der Waals surface area contributed by atoms with Gasteiger partial charge in [-0.15, -0.1) is 0 Å². The molecule has 1 unspecified atom stereocenters. The van der Waals surface area contributed by atoms with Gasteiger partial charge in [-0.05, 0) is 0 Å². The predicted molar refractivity (Wildman–Crippen MR) is 66.2 cm³/mol. The second-order valence-corrected chi connectivity index (χ2v) is 4.76. The normalized spacial score (nSPS) is 13.4. The number of nitrogens with zero attached hydrogens (tertiary/aromatic N) is 2. The van der Waals surface area contributed by atoms with Crippen LogP contribution < -0.4 is 8.99 Å². The van der Waals surface area contributed by atoms with E-state index in [0.29, 0.717) is 11.9 Å². The van der Waals surface area contributed by atoms with E-state index in [0.717, 1.165) is 19.2 Å². The van der Waals surface area contributed by atoms with Gasteiger partial charge >= 0.3 is 5.30 Å². The van der Waals surface area contributed by atoms with Crippen LogP contribution in [-0.2, 0) is 4.74 Å². The Balaban J connectivity index is 3.15. The van der Waals surface area contributed by atoms with Crippen LogP contribution in [0.1, 0.15) is 0 Å². The minimum atomic E-state index is -1.55. The summed E-state index contributed by atoms with van der Waals surface area (Å²) < 4.78 is 3.45. The lowest BCUT2D eigenvalue weighted by Gasteiger charge is -2.28. The minimum Gasteiger partial charge on any atom is -0.497 e. The molecule has 0 radical (unpaired) electrons. The summed E-state index contributed by atoms with van der Waals surface area (Å²) in [6.45, 7) is 0. The van der Waals surface area contributed by atoms with Crippen molar-refractivity contribution in [3.8, 4) is 0 Å². The lowest BCUT2D eigenvalue weighted by Crippen LogP contribution is -2.52. The van der Waals surface area contributed by atoms with Gasteiger partial charge in [-0.2, -0.15) is 3.89 Å². The predicted octanol–water partition coefficient (Wildman–Crippen LogP) is 1.29. The van der Waals surface area contributed by atoms with Crippen LogP contribution >= 0.6 is 11.9 Å². The number of hydrogen-bond donors (Lipinski definition) is 0. The van der Waals surface area contributed by atoms with Gasteiger partial charge in [0.25, 0.3) is 11.8 Å². The van der Waals surface area contributed by atoms with Gasteiger partial charge in [0.05, 0.1) is 19.1 Å². The molecule has 0 aromatic heterocycles. The first-order chi connectivity index (χ1) is 8.81. The number of carbonyl (C=O) groups excluding carboxylic acids is 2. The second-order valence-electron chi connectivity index (χ2n) is 3.51. The number of carboxylic acid groups (broad SMARTS) is 1. The Hall–Kier alpha value is -2.13. The molecule has 0 bridgehead atoms. The molecule has 0 saturated heterocycles. The number of amides is 1. The summed E-state index contributed by atoms with van der Waals surface area (Å²) in [5.41, 5.74) is -0.0438. The number of nitro groups is 1. The number of rotatable bonds is 2. The van der Waals surface area contributed by atoms with Crippen molar-refractivity contribution in [2.24, 2.45) is 0 Å². The molecule has 0 aliphatic carbocycles. The fourth-order valence-electron chi connectivity index (χ4n) is 1.24. The standard InChI is InChI=1S/C10H10N2O6S/c1-12(9(13)14,19-10(15)18-2)8-5-3-7(4-6-8)11(16)17/h3-6H,1-2H3. The summed E-state index contributed by atoms with van der Waals surface area (Å²) in [6.07, 6.45) is -1.55. The molecule has 0 spiro atoms. The van der Waals surface area contributed by atoms with Crippen LogP contribution in [0, 0.1) is 10.1 Å². The topological polar surface area (TPSA) is 110 Å². The first-order valence-corrected chi connectivity index (χ1v) is 5.69. The van der Waals surface area contributed by atoms with Crippen LogP contribution in [0.4, 0.5) is 21.0 Å². The van der Waals surface area contributed by atoms with E-state index >= 15 is 0 Å². The molecule has 8 nitrogen and oxygen atoms in total. The van der Waals surface area contributed by atoms with Gasteiger partial charge in [-0.25, -0.2) is 4.79 Å². The zero-order valence-corrected chi connectivity index (χ0v) is 10.9. The molecule has 9 heteroatoms. The van der Waals surface area contributed by atoms with E-state index in [1.807, 2.05) is 0 Å². The zero-order chi connectivity index (χ0) is 14.6. The Labute approximate surface area is 112 Å². The number of quaternary nitrogens is 1. The van der Waals surface area contributed by atoms with E-state index < -0.39 is 20.2 Å². The Bertz CT molecular complexity index is 517. The maximum absolute atomic E-state index is 11.2. The van der Waals surface area contributed by atoms with Gasteiger partial charge in [-0.1, -0.05) is 0 Å². The fourth-order valence-corrected chi connectivity index (χ4v) is 1.91. The number of carbonyl (C=O) groups is 2. The number of hydrogen-bond acceptors (Lipinski definition) is 7. The molecule has 1 atom stereocenters. The van der Waals surface area contributed by atoms with Gasteiger partial charge in [0.15, 0.2) is 5.69 Å². The van der Waals surface area contributed by atoms with Crippen molar-refractivity contribution in [3.05, 3.63) is 34.4 Å². The molecule has 1 rings (SSSR count). The lowest BCUT2D eigenvalue weighted by atomic mass is 10.3. The fraction of sp³-hybridized carbons (Fsp3) is 0.200. The van der Waals surface area contributed by atoms with Gasteiger partial charge in [0.2, 0.25) is 11.9 Å². The highest BCUT2D eigenvalue weighted by Crippen LogP contribution is 2.32. The van der Waals surface area contributed by atoms with Gasteiger partial charge in [-0.3, -0.25) is 10.1 Å². The molecule has 0 heterocycles. The number of ether oxygens (including phenoxy) is 1. The maximum Gasteiger partial charge on any atom is 0.425 e. The summed E-state index contributed by atoms with van der Waals surface area (Å²) in [5.74, 6) is 0. The quantitative estimate of drug-likeness (QED) is 0.265. The highest BCUT2D eigenvalue weighted by atomic mass is 32.2. The van der Waals surface area contributed by atoms with E-state index in [1.54, 1.807) is 0 Å². The second kappa shape index (κ2) is 5.67. The summed E-state index contributed by atoms with van der Waals surface area (Å²) in [6, 6.07) is 4.77. The van der Waals surface area contributed by atoms with Crippen molar-refractivity contribution in [2.45, 2.75) is 0 Å². The average Bonchev–Trinajstić information content (AvgIpc) is 2.38. The average molecular weight is 286 g/mol. The molecule has 0 aliphatic heterocycles. The van der Waals surface area contributed by atoms with E-state index in [2.05, 4.69) is 4.74 Å². The third kappa shape index (κ3) is 3.20. The van der Waals surface area contributed by atoms with Crippen molar-refractivity contribution in [2.75, 3.05) is 14.2 Å². The highest BCUT2D eigenvalue weighted by Gasteiger charge is 2.35. The van der Waals surface area contributed by atoms with Gasteiger partial charge in [0, 0.05) is 24.3 Å². The largest absolute Gasteiger partial charge is 0.497 e. The SMILES string of the molecule is COC(=O)S[N+](C)(C(=O)[O-])c1ccc([N+](=O)[O-])cc1. The molecule has 1 aromatic carbocycles. The molecule has 1 aromatic rings. The maximum atomic E-state index is 11.2. The van der Waals surface area contributed by atoms with Crippen LogP contribution in [0.3, 0.4) is 0 Å². The van der Waals surface area contributed by atoms with Crippen LogP contribution in [0.25, 0.3) is 0 Å². The van der Waals surface area contributed by atoms with Gasteiger partial charge in [0.1, 0.15) is 0 Å². The number of benzene rings is 1. The molecular weight excluding hydrogens is 276 g/mol. The van der Waals surface area contributed by atoms with E-state index in [9.17, 15) is 24.8 Å². The molecular formula is C10H10N2O6S. The number of nitro benzene ring substituents is 1. The zero-order valence-electron chi connectivity index (χ0n) is 10.1. The Morgan fingerprint density at radius 3 is 2.21 bits per heavy atom. The molecule has 0 saturated carbocycles. The van der Waals surface area contributed by atoms with Crippen molar-refractivity contribution in [1.29, 1.82) is 0 Å². The van der Waals surface area contributed by atoms with Gasteiger partial charge < -0.3 is 14.6 Å². The molecule has 19 heavy (non-hydrogen) atoms. The summed E-state index contributed by atoms with van der Waals surface area (Å²) in [7, 11) is 2.32. The minimum absolute atomic E-state index is 0.140. The van der Waals surface area contributed by atoms with Crippen LogP contribution in [0.15, 0.2) is 24.3 Å². The summed E-state index contributed by atoms with van der Waals surface area (Å²) in [5, 5.41) is 20.9. The molecule has 0 aliphatic rings. The third-order valence-electron chi connectivity index (χ3n) is 2.33. The molecule has 0 N–H and O–H groups in total. The smallest absolute Gasteiger partial charge is 0.425 e. The highest BCUT2D eigenvalue weighted by molar-refractivity contribution is 8.13. The summed E-state index contributed by atoms with van der Waals surface area (Å²) >= 11 is 0.367. The summed E-state index contributed by atoms with van der Waals surface area (Å²) in [4.78, 5) is 32.3. The first kappa shape index (κ1) is 14.9. The number of non-ortho nitro benzene ring substituents is 1. The molecule has 1 amide bonds.